The van der Waals surface area contributed by atoms with E-state index in [1.165, 1.54) is 6.33 Å². The van der Waals surface area contributed by atoms with Gasteiger partial charge in [0.25, 0.3) is 0 Å². The number of hydrogen-bond donors (Lipinski definition) is 5. The number of aromatic amines is 1. The molecule has 10 nitrogen and oxygen atoms in total. The van der Waals surface area contributed by atoms with Gasteiger partial charge in [-0.05, 0) is 0 Å². The van der Waals surface area contributed by atoms with Gasteiger partial charge >= 0.3 is 25.2 Å². The minimum absolute atomic E-state index is 0.263. The Labute approximate surface area is 104 Å². The number of nitrogens with zero attached hydrogens (tertiary/aromatic N) is 1. The molecule has 2 atom stereocenters. The number of carbonyl (C=O) groups is 1. The number of hydrogen-bond acceptors (Lipinski definition) is 6. The molecule has 0 aliphatic heterocycles. The Balaban J connectivity index is 0.000000360. The molecule has 1 aromatic heterocycles. The number of imidazole rings is 1. The lowest BCUT2D eigenvalue weighted by Gasteiger charge is -2.01. The van der Waals surface area contributed by atoms with Gasteiger partial charge in [-0.25, -0.2) is 9.19 Å². The van der Waals surface area contributed by atoms with E-state index in [9.17, 15) is 17.4 Å². The highest BCUT2D eigenvalue weighted by Gasteiger charge is 2.12. The molecule has 2 unspecified atom stereocenters. The van der Waals surface area contributed by atoms with Gasteiger partial charge in [0.2, 0.25) is 0 Å². The van der Waals surface area contributed by atoms with E-state index >= 15 is 0 Å². The molecule has 0 aromatic carbocycles. The Kier molecular flexibility index (Phi) is 6.64. The molecule has 0 fully saturated rings. The number of aromatic nitrogens is 2. The van der Waals surface area contributed by atoms with Gasteiger partial charge in [0.1, 0.15) is 6.04 Å². The maximum Gasteiger partial charge on any atom is 0.373 e. The van der Waals surface area contributed by atoms with Crippen molar-refractivity contribution in [1.29, 1.82) is 0 Å². The van der Waals surface area contributed by atoms with Gasteiger partial charge in [-0.3, -0.25) is 13.9 Å². The Hall–Kier alpha value is -1.34. The zero-order chi connectivity index (χ0) is 14.3. The molecule has 0 saturated heterocycles. The van der Waals surface area contributed by atoms with Crippen molar-refractivity contribution in [3.05, 3.63) is 18.2 Å². The first kappa shape index (κ1) is 16.7. The second kappa shape index (κ2) is 7.17. The van der Waals surface area contributed by atoms with Gasteiger partial charge in [0.05, 0.1) is 12.0 Å². The fourth-order valence-corrected chi connectivity index (χ4v) is 0.715. The first-order chi connectivity index (χ1) is 8.14. The van der Waals surface area contributed by atoms with Crippen molar-refractivity contribution in [3.8, 4) is 0 Å². The van der Waals surface area contributed by atoms with Crippen molar-refractivity contribution in [3.63, 3.8) is 0 Å². The van der Waals surface area contributed by atoms with Crippen LogP contribution in [0.5, 0.6) is 0 Å². The summed E-state index contributed by atoms with van der Waals surface area (Å²) >= 11 is 0. The predicted molar refractivity (Wildman–Crippen MR) is 60.2 cm³/mol. The number of H-pyrrole nitrogens is 1. The van der Waals surface area contributed by atoms with Crippen LogP contribution >= 0.6 is 0 Å². The molecule has 1 rings (SSSR count). The third kappa shape index (κ3) is 7.08. The van der Waals surface area contributed by atoms with Gasteiger partial charge in [0.15, 0.2) is 0 Å². The molecule has 18 heavy (non-hydrogen) atoms. The summed E-state index contributed by atoms with van der Waals surface area (Å²) in [6.45, 7) is 0. The maximum absolute atomic E-state index is 10.3. The average Bonchev–Trinajstić information content (AvgIpc) is 2.69. The van der Waals surface area contributed by atoms with E-state index in [1.807, 2.05) is 0 Å². The summed E-state index contributed by atoms with van der Waals surface area (Å²) in [5, 5.41) is 8.42. The number of carboxylic acids is 1. The van der Waals surface area contributed by atoms with E-state index in [0.717, 1.165) is 0 Å². The lowest BCUT2D eigenvalue weighted by molar-refractivity contribution is -0.138. The van der Waals surface area contributed by atoms with E-state index in [-0.39, 0.29) is 6.42 Å². The Bertz CT molecular complexity index is 497. The summed E-state index contributed by atoms with van der Waals surface area (Å²) in [5.41, 5.74) is 5.92. The molecular formula is C6H11N3O7S2. The summed E-state index contributed by atoms with van der Waals surface area (Å²) < 4.78 is 43.0. The number of rotatable bonds is 4. The molecule has 1 aromatic rings. The van der Waals surface area contributed by atoms with Crippen LogP contribution in [0.3, 0.4) is 0 Å². The number of carboxylic acid groups (broad SMARTS) is 1. The molecular weight excluding hydrogens is 290 g/mol. The largest absolute Gasteiger partial charge is 0.480 e. The Morgan fingerprint density at radius 3 is 2.39 bits per heavy atom. The van der Waals surface area contributed by atoms with Crippen molar-refractivity contribution in [2.45, 2.75) is 12.5 Å². The third-order valence-electron chi connectivity index (χ3n) is 1.48. The van der Waals surface area contributed by atoms with E-state index in [4.69, 9.17) is 19.9 Å². The van der Waals surface area contributed by atoms with E-state index in [2.05, 4.69) is 9.97 Å². The zero-order valence-electron chi connectivity index (χ0n) is 8.75. The summed E-state index contributed by atoms with van der Waals surface area (Å²) in [6.07, 6.45) is 3.38. The summed E-state index contributed by atoms with van der Waals surface area (Å²) in [7, 11) is -7.87. The third-order valence-corrected chi connectivity index (χ3v) is 2.92. The van der Waals surface area contributed by atoms with Crippen LogP contribution in [0.15, 0.2) is 12.5 Å². The lowest BCUT2D eigenvalue weighted by Crippen LogP contribution is -2.32. The van der Waals surface area contributed by atoms with Crippen LogP contribution in [0.2, 0.25) is 0 Å². The number of nitrogens with two attached hydrogens (primary N) is 1. The zero-order valence-corrected chi connectivity index (χ0v) is 10.4. The molecule has 104 valence electrons. The van der Waals surface area contributed by atoms with Crippen molar-refractivity contribution < 1.29 is 31.6 Å². The molecule has 0 saturated carbocycles. The van der Waals surface area contributed by atoms with E-state index in [1.54, 1.807) is 6.20 Å². The fourth-order valence-electron chi connectivity index (χ4n) is 0.715. The molecule has 12 heteroatoms. The summed E-state index contributed by atoms with van der Waals surface area (Å²) in [4.78, 5) is 16.8. The van der Waals surface area contributed by atoms with Crippen molar-refractivity contribution in [2.24, 2.45) is 5.73 Å². The van der Waals surface area contributed by atoms with Crippen LogP contribution in [0.4, 0.5) is 0 Å². The van der Waals surface area contributed by atoms with Crippen LogP contribution in [0.25, 0.3) is 0 Å². The molecule has 0 bridgehead atoms. The standard InChI is InChI=1S/C6H9N3O2.H2O5S2/c7-5(6(10)11)1-4-2-8-3-9-4;1-6(2)7(3,4)5/h2-3,5H,1,7H2,(H,8,9)(H,10,11);(H,1,2)(H,3,4,5). The predicted octanol–water partition coefficient (Wildman–Crippen LogP) is -1.62. The van der Waals surface area contributed by atoms with Gasteiger partial charge < -0.3 is 15.8 Å². The van der Waals surface area contributed by atoms with Gasteiger partial charge in [0, 0.05) is 12.6 Å². The van der Waals surface area contributed by atoms with Gasteiger partial charge in [-0.15, -0.1) is 0 Å². The van der Waals surface area contributed by atoms with Crippen LogP contribution in [0.1, 0.15) is 5.69 Å². The minimum Gasteiger partial charge on any atom is -0.480 e. The molecule has 1 heterocycles. The minimum atomic E-state index is -4.71. The van der Waals surface area contributed by atoms with Crippen molar-refractivity contribution >= 4 is 25.2 Å². The quantitative estimate of drug-likeness (QED) is 0.247. The summed E-state index contributed by atoms with van der Waals surface area (Å²) in [6, 6.07) is -0.863. The van der Waals surface area contributed by atoms with E-state index < -0.39 is 31.3 Å². The highest BCUT2D eigenvalue weighted by molar-refractivity contribution is 8.59. The second-order valence-corrected chi connectivity index (χ2v) is 6.26. The Morgan fingerprint density at radius 2 is 2.11 bits per heavy atom. The molecule has 6 N–H and O–H groups in total. The molecule has 0 radical (unpaired) electrons. The number of nitrogens with one attached hydrogen (secondary N) is 1. The Morgan fingerprint density at radius 1 is 1.61 bits per heavy atom. The molecule has 0 amide bonds. The average molecular weight is 301 g/mol. The first-order valence-corrected chi connectivity index (χ1v) is 7.25. The van der Waals surface area contributed by atoms with Crippen LogP contribution in [-0.4, -0.2) is 48.8 Å². The van der Waals surface area contributed by atoms with Crippen molar-refractivity contribution in [2.75, 3.05) is 0 Å². The first-order valence-electron chi connectivity index (χ1n) is 4.19. The monoisotopic (exact) mass is 301 g/mol. The van der Waals surface area contributed by atoms with E-state index in [0.29, 0.717) is 5.69 Å². The normalized spacial score (nSPS) is 14.2. The molecule has 0 aliphatic rings. The molecule has 0 spiro atoms. The highest BCUT2D eigenvalue weighted by Crippen LogP contribution is 1.95. The summed E-state index contributed by atoms with van der Waals surface area (Å²) in [5.74, 6) is -1.01. The highest BCUT2D eigenvalue weighted by atomic mass is 33.2. The molecule has 0 aliphatic carbocycles. The van der Waals surface area contributed by atoms with Crippen molar-refractivity contribution in [1.82, 2.24) is 9.97 Å². The van der Waals surface area contributed by atoms with Crippen LogP contribution < -0.4 is 5.73 Å². The van der Waals surface area contributed by atoms with Gasteiger partial charge in [-0.2, -0.15) is 8.42 Å². The SMILES string of the molecule is NC(Cc1c[nH]cn1)C(=O)O.O=S(O)S(=O)(=O)O. The number of aliphatic carboxylic acids is 1. The van der Waals surface area contributed by atoms with Crippen LogP contribution in [-0.2, 0) is 30.5 Å². The second-order valence-electron chi connectivity index (χ2n) is 2.85. The van der Waals surface area contributed by atoms with Crippen LogP contribution in [0, 0.1) is 0 Å². The lowest BCUT2D eigenvalue weighted by atomic mass is 10.2. The fraction of sp³-hybridized carbons (Fsp3) is 0.333. The topological polar surface area (TPSA) is 184 Å². The maximum atomic E-state index is 10.3. The smallest absolute Gasteiger partial charge is 0.373 e. The van der Waals surface area contributed by atoms with Gasteiger partial charge in [-0.1, -0.05) is 0 Å².